The zero-order chi connectivity index (χ0) is 12.7. The van der Waals surface area contributed by atoms with E-state index in [9.17, 15) is 4.79 Å². The molecule has 0 bridgehead atoms. The predicted octanol–water partition coefficient (Wildman–Crippen LogP) is 2.06. The lowest BCUT2D eigenvalue weighted by Gasteiger charge is -2.04. The van der Waals surface area contributed by atoms with E-state index in [0.29, 0.717) is 19.6 Å². The fourth-order valence-corrected chi connectivity index (χ4v) is 3.15. The number of nitrogens with one attached hydrogen (secondary N) is 1. The largest absolute Gasteiger partial charge is 0.383 e. The number of ketones is 1. The van der Waals surface area contributed by atoms with Gasteiger partial charge >= 0.3 is 0 Å². The van der Waals surface area contributed by atoms with Crippen molar-refractivity contribution in [2.45, 2.75) is 29.9 Å². The van der Waals surface area contributed by atoms with Crippen LogP contribution in [0.1, 0.15) is 20.3 Å². The molecule has 1 N–H and O–H groups in total. The van der Waals surface area contributed by atoms with Crippen molar-refractivity contribution >= 4 is 34.0 Å². The van der Waals surface area contributed by atoms with Crippen LogP contribution in [0.15, 0.2) is 4.34 Å². The molecular formula is C10H17N3O2S2. The second-order valence-electron chi connectivity index (χ2n) is 3.37. The summed E-state index contributed by atoms with van der Waals surface area (Å²) in [6, 6.07) is 0. The summed E-state index contributed by atoms with van der Waals surface area (Å²) in [7, 11) is 1.65. The van der Waals surface area contributed by atoms with Crippen molar-refractivity contribution in [2.24, 2.45) is 0 Å². The number of thioether (sulfide) groups is 1. The molecule has 0 saturated carbocycles. The summed E-state index contributed by atoms with van der Waals surface area (Å²) in [5, 5.41) is 11.8. The van der Waals surface area contributed by atoms with Crippen LogP contribution in [0.2, 0.25) is 0 Å². The maximum atomic E-state index is 11.4. The first kappa shape index (κ1) is 14.4. The number of Topliss-reactive ketones (excluding diaryl/α,β-unsaturated/α-hetero) is 1. The van der Waals surface area contributed by atoms with Crippen LogP contribution < -0.4 is 5.32 Å². The van der Waals surface area contributed by atoms with E-state index >= 15 is 0 Å². The highest BCUT2D eigenvalue weighted by molar-refractivity contribution is 8.02. The molecule has 1 heterocycles. The van der Waals surface area contributed by atoms with Crippen LogP contribution in [-0.4, -0.2) is 41.5 Å². The van der Waals surface area contributed by atoms with Gasteiger partial charge in [-0.3, -0.25) is 4.79 Å². The quantitative estimate of drug-likeness (QED) is 0.579. The molecule has 1 unspecified atom stereocenters. The van der Waals surface area contributed by atoms with E-state index in [4.69, 9.17) is 4.74 Å². The van der Waals surface area contributed by atoms with Gasteiger partial charge in [0, 0.05) is 20.1 Å². The number of carbonyl (C=O) groups excluding carboxylic acids is 1. The van der Waals surface area contributed by atoms with Gasteiger partial charge in [0.2, 0.25) is 5.13 Å². The highest BCUT2D eigenvalue weighted by atomic mass is 32.2. The minimum absolute atomic E-state index is 0.0558. The number of aromatic nitrogens is 2. The zero-order valence-electron chi connectivity index (χ0n) is 10.2. The van der Waals surface area contributed by atoms with Gasteiger partial charge in [0.15, 0.2) is 4.34 Å². The molecule has 1 rings (SSSR count). The number of hydrogen-bond acceptors (Lipinski definition) is 7. The van der Waals surface area contributed by atoms with Gasteiger partial charge in [-0.1, -0.05) is 30.0 Å². The van der Waals surface area contributed by atoms with E-state index in [1.165, 1.54) is 23.1 Å². The fourth-order valence-electron chi connectivity index (χ4n) is 1.09. The van der Waals surface area contributed by atoms with E-state index in [1.807, 2.05) is 13.8 Å². The summed E-state index contributed by atoms with van der Waals surface area (Å²) in [5.74, 6) is 0.235. The molecule has 0 spiro atoms. The summed E-state index contributed by atoms with van der Waals surface area (Å²) in [5.41, 5.74) is 0. The van der Waals surface area contributed by atoms with Crippen molar-refractivity contribution in [2.75, 3.05) is 25.6 Å². The van der Waals surface area contributed by atoms with Crippen LogP contribution in [0, 0.1) is 0 Å². The first-order chi connectivity index (χ1) is 8.17. The molecule has 7 heteroatoms. The molecule has 1 aromatic rings. The molecular weight excluding hydrogens is 258 g/mol. The van der Waals surface area contributed by atoms with E-state index < -0.39 is 0 Å². The Morgan fingerprint density at radius 1 is 1.59 bits per heavy atom. The van der Waals surface area contributed by atoms with Crippen molar-refractivity contribution in [1.29, 1.82) is 0 Å². The minimum atomic E-state index is -0.0558. The Balaban J connectivity index is 2.42. The number of ether oxygens (including phenoxy) is 1. The maximum absolute atomic E-state index is 11.4. The van der Waals surface area contributed by atoms with E-state index in [2.05, 4.69) is 15.5 Å². The summed E-state index contributed by atoms with van der Waals surface area (Å²) < 4.78 is 5.74. The standard InChI is InChI=1S/C10H17N3O2S2/c1-4-8(14)7(2)16-10-13-12-9(17-10)11-5-6-15-3/h7H,4-6H2,1-3H3,(H,11,12). The molecule has 0 fully saturated rings. The zero-order valence-corrected chi connectivity index (χ0v) is 11.9. The molecule has 1 aromatic heterocycles. The van der Waals surface area contributed by atoms with Crippen molar-refractivity contribution in [1.82, 2.24) is 10.2 Å². The second kappa shape index (κ2) is 7.62. The molecule has 0 saturated heterocycles. The topological polar surface area (TPSA) is 64.1 Å². The summed E-state index contributed by atoms with van der Waals surface area (Å²) in [6.45, 7) is 5.11. The Kier molecular flexibility index (Phi) is 6.46. The van der Waals surface area contributed by atoms with E-state index in [1.54, 1.807) is 7.11 Å². The number of rotatable bonds is 8. The van der Waals surface area contributed by atoms with Gasteiger partial charge in [-0.25, -0.2) is 0 Å². The van der Waals surface area contributed by atoms with Gasteiger partial charge in [0.25, 0.3) is 0 Å². The molecule has 0 aliphatic heterocycles. The van der Waals surface area contributed by atoms with Gasteiger partial charge in [-0.2, -0.15) is 0 Å². The number of hydrogen-bond donors (Lipinski definition) is 1. The van der Waals surface area contributed by atoms with Crippen LogP contribution in [-0.2, 0) is 9.53 Å². The van der Waals surface area contributed by atoms with Crippen LogP contribution >= 0.6 is 23.1 Å². The third kappa shape index (κ3) is 5.01. The SMILES string of the molecule is CCC(=O)C(C)Sc1nnc(NCCOC)s1. The Labute approximate surface area is 109 Å². The van der Waals surface area contributed by atoms with Crippen LogP contribution in [0.3, 0.4) is 0 Å². The molecule has 17 heavy (non-hydrogen) atoms. The van der Waals surface area contributed by atoms with Crippen molar-refractivity contribution in [3.8, 4) is 0 Å². The van der Waals surface area contributed by atoms with Gasteiger partial charge in [-0.05, 0) is 6.92 Å². The monoisotopic (exact) mass is 275 g/mol. The summed E-state index contributed by atoms with van der Waals surface area (Å²) in [6.07, 6.45) is 0.561. The first-order valence-corrected chi connectivity index (χ1v) is 7.12. The van der Waals surface area contributed by atoms with Crippen LogP contribution in [0.5, 0.6) is 0 Å². The Morgan fingerprint density at radius 3 is 3.00 bits per heavy atom. The molecule has 96 valence electrons. The van der Waals surface area contributed by atoms with Crippen molar-refractivity contribution < 1.29 is 9.53 Å². The third-order valence-corrected chi connectivity index (χ3v) is 4.18. The average Bonchev–Trinajstić information content (AvgIpc) is 2.76. The molecule has 0 aliphatic rings. The Hall–Kier alpha value is -0.660. The highest BCUT2D eigenvalue weighted by Gasteiger charge is 2.15. The number of nitrogens with zero attached hydrogens (tertiary/aromatic N) is 2. The number of anilines is 1. The van der Waals surface area contributed by atoms with Crippen molar-refractivity contribution in [3.05, 3.63) is 0 Å². The number of carbonyl (C=O) groups is 1. The summed E-state index contributed by atoms with van der Waals surface area (Å²) >= 11 is 2.92. The normalized spacial score (nSPS) is 12.4. The molecule has 0 aromatic carbocycles. The maximum Gasteiger partial charge on any atom is 0.206 e. The van der Waals surface area contributed by atoms with Crippen LogP contribution in [0.25, 0.3) is 0 Å². The van der Waals surface area contributed by atoms with Gasteiger partial charge < -0.3 is 10.1 Å². The minimum Gasteiger partial charge on any atom is -0.383 e. The highest BCUT2D eigenvalue weighted by Crippen LogP contribution is 2.29. The lowest BCUT2D eigenvalue weighted by molar-refractivity contribution is -0.117. The van der Waals surface area contributed by atoms with Gasteiger partial charge in [0.1, 0.15) is 5.78 Å². The van der Waals surface area contributed by atoms with Gasteiger partial charge in [-0.15, -0.1) is 10.2 Å². The molecule has 0 amide bonds. The molecule has 0 aliphatic carbocycles. The Morgan fingerprint density at radius 2 is 2.35 bits per heavy atom. The predicted molar refractivity (Wildman–Crippen MR) is 70.9 cm³/mol. The summed E-state index contributed by atoms with van der Waals surface area (Å²) in [4.78, 5) is 11.4. The Bertz CT molecular complexity index is 357. The fraction of sp³-hybridized carbons (Fsp3) is 0.700. The smallest absolute Gasteiger partial charge is 0.206 e. The molecule has 5 nitrogen and oxygen atoms in total. The lowest BCUT2D eigenvalue weighted by Crippen LogP contribution is -2.10. The molecule has 1 atom stereocenters. The van der Waals surface area contributed by atoms with Crippen LogP contribution in [0.4, 0.5) is 5.13 Å². The average molecular weight is 275 g/mol. The lowest BCUT2D eigenvalue weighted by atomic mass is 10.2. The van der Waals surface area contributed by atoms with E-state index in [0.717, 1.165) is 9.47 Å². The van der Waals surface area contributed by atoms with E-state index in [-0.39, 0.29) is 11.0 Å². The number of methoxy groups -OCH3 is 1. The molecule has 0 radical (unpaired) electrons. The first-order valence-electron chi connectivity index (χ1n) is 5.43. The third-order valence-electron chi connectivity index (χ3n) is 2.07. The van der Waals surface area contributed by atoms with Crippen molar-refractivity contribution in [3.63, 3.8) is 0 Å². The van der Waals surface area contributed by atoms with Gasteiger partial charge in [0.05, 0.1) is 11.9 Å². The second-order valence-corrected chi connectivity index (χ2v) is 5.94.